The van der Waals surface area contributed by atoms with Gasteiger partial charge in [0.15, 0.2) is 0 Å². The zero-order valence-corrected chi connectivity index (χ0v) is 53.7. The number of anilines is 4. The Kier molecular flexibility index (Phi) is 18.0. The summed E-state index contributed by atoms with van der Waals surface area (Å²) in [4.78, 5) is 13.5. The molecule has 0 fully saturated rings. The van der Waals surface area contributed by atoms with Crippen LogP contribution in [0.5, 0.6) is 34.5 Å². The third-order valence-corrected chi connectivity index (χ3v) is 18.7. The van der Waals surface area contributed by atoms with E-state index < -0.39 is 0 Å². The molecule has 0 spiro atoms. The summed E-state index contributed by atoms with van der Waals surface area (Å²) in [5.41, 5.74) is 16.6. The topological polar surface area (TPSA) is 93.3 Å². The van der Waals surface area contributed by atoms with Gasteiger partial charge in [0.2, 0.25) is 0 Å². The maximum atomic E-state index is 6.38. The van der Waals surface area contributed by atoms with Gasteiger partial charge in [0.1, 0.15) is 46.0 Å². The molecule has 0 N–H and O–H groups in total. The smallest absolute Gasteiger partial charge is 0.128 e. The van der Waals surface area contributed by atoms with Gasteiger partial charge in [-0.15, -0.1) is 0 Å². The molecule has 14 nitrogen and oxygen atoms in total. The van der Waals surface area contributed by atoms with Crippen molar-refractivity contribution in [2.24, 2.45) is 17.8 Å². The van der Waals surface area contributed by atoms with Crippen molar-refractivity contribution < 1.29 is 37.9 Å². The summed E-state index contributed by atoms with van der Waals surface area (Å²) in [7, 11) is 31.0. The second-order valence-corrected chi connectivity index (χ2v) is 24.2. The Labute approximate surface area is 501 Å². The van der Waals surface area contributed by atoms with Crippen molar-refractivity contribution in [2.45, 2.75) is 57.8 Å². The molecule has 84 heavy (non-hydrogen) atoms. The van der Waals surface area contributed by atoms with Crippen LogP contribution in [0.2, 0.25) is 0 Å². The Morgan fingerprint density at radius 2 is 0.881 bits per heavy atom. The fraction of sp³-hybridized carbons (Fsp3) is 0.457. The zero-order valence-electron chi connectivity index (χ0n) is 53.7. The average molecular weight is 1150 g/mol. The van der Waals surface area contributed by atoms with Crippen LogP contribution in [0.25, 0.3) is 0 Å². The van der Waals surface area contributed by atoms with Crippen molar-refractivity contribution >= 4 is 22.7 Å². The van der Waals surface area contributed by atoms with Gasteiger partial charge in [0, 0.05) is 188 Å². The van der Waals surface area contributed by atoms with Gasteiger partial charge in [0.05, 0.1) is 56.9 Å². The third kappa shape index (κ3) is 11.2. The number of aryl methyl sites for hydroxylation is 2. The molecule has 5 unspecified atom stereocenters. The minimum absolute atomic E-state index is 0.114. The van der Waals surface area contributed by atoms with E-state index in [0.29, 0.717) is 29.5 Å². The number of methoxy groups -OCH3 is 8. The van der Waals surface area contributed by atoms with Crippen molar-refractivity contribution in [1.82, 2.24) is 9.80 Å². The molecule has 0 saturated carbocycles. The fourth-order valence-electron chi connectivity index (χ4n) is 13.7. The van der Waals surface area contributed by atoms with Crippen LogP contribution in [0.4, 0.5) is 22.7 Å². The molecule has 5 aromatic rings. The van der Waals surface area contributed by atoms with Crippen LogP contribution in [0.3, 0.4) is 0 Å². The first-order valence-electron chi connectivity index (χ1n) is 29.3. The minimum atomic E-state index is -0.363. The molecule has 5 atom stereocenters. The molecular weight excluding hydrogens is 1050 g/mol. The summed E-state index contributed by atoms with van der Waals surface area (Å²) in [6.45, 7) is 12.1. The second-order valence-electron chi connectivity index (χ2n) is 24.2. The summed E-state index contributed by atoms with van der Waals surface area (Å²) in [5, 5.41) is 0. The highest BCUT2D eigenvalue weighted by Crippen LogP contribution is 2.55. The lowest BCUT2D eigenvalue weighted by molar-refractivity contribution is 0.163. The van der Waals surface area contributed by atoms with E-state index in [1.165, 1.54) is 28.0 Å². The first-order chi connectivity index (χ1) is 40.2. The highest BCUT2D eigenvalue weighted by molar-refractivity contribution is 5.71. The number of rotatable bonds is 23. The van der Waals surface area contributed by atoms with Crippen LogP contribution in [0.15, 0.2) is 114 Å². The highest BCUT2D eigenvalue weighted by Gasteiger charge is 2.47. The average Bonchev–Trinajstić information content (AvgIpc) is 1.17. The normalized spacial score (nSPS) is 18.4. The summed E-state index contributed by atoms with van der Waals surface area (Å²) >= 11 is 0. The first-order valence-corrected chi connectivity index (χ1v) is 29.3. The number of ether oxygens (including phenoxy) is 8. The minimum Gasteiger partial charge on any atom is -0.501 e. The van der Waals surface area contributed by atoms with Crippen LogP contribution in [0.1, 0.15) is 75.8 Å². The molecule has 0 heterocycles. The molecule has 0 radical (unpaired) electrons. The van der Waals surface area contributed by atoms with Crippen molar-refractivity contribution in [2.75, 3.05) is 159 Å². The number of fused-ring (bicyclic) bond motifs is 5. The number of likely N-dealkylation sites (N-methyl/N-ethyl adjacent to an activating group) is 5. The van der Waals surface area contributed by atoms with E-state index >= 15 is 0 Å². The number of hydrogen-bond donors (Lipinski definition) is 0. The summed E-state index contributed by atoms with van der Waals surface area (Å²) in [6.07, 6.45) is 11.0. The van der Waals surface area contributed by atoms with Gasteiger partial charge in [-0.25, -0.2) is 0 Å². The molecular formula is C70H92N6O8. The second kappa shape index (κ2) is 24.8. The van der Waals surface area contributed by atoms with Crippen LogP contribution in [-0.2, 0) is 27.7 Å². The van der Waals surface area contributed by atoms with Gasteiger partial charge in [-0.2, -0.15) is 0 Å². The fourth-order valence-corrected chi connectivity index (χ4v) is 13.7. The predicted molar refractivity (Wildman–Crippen MR) is 342 cm³/mol. The van der Waals surface area contributed by atoms with Gasteiger partial charge in [0.25, 0.3) is 0 Å². The largest absolute Gasteiger partial charge is 0.501 e. The lowest BCUT2D eigenvalue weighted by Gasteiger charge is -2.47. The third-order valence-electron chi connectivity index (χ3n) is 18.7. The van der Waals surface area contributed by atoms with E-state index in [1.807, 2.05) is 14.1 Å². The Balaban J connectivity index is 0.948. The molecule has 5 aromatic carbocycles. The van der Waals surface area contributed by atoms with Crippen molar-refractivity contribution in [3.8, 4) is 34.5 Å². The van der Waals surface area contributed by atoms with E-state index in [9.17, 15) is 0 Å². The summed E-state index contributed by atoms with van der Waals surface area (Å²) in [6, 6.07) is 24.0. The number of allylic oxidation sites excluding steroid dienone is 6. The molecule has 4 aliphatic carbocycles. The molecule has 0 bridgehead atoms. The van der Waals surface area contributed by atoms with Crippen LogP contribution < -0.4 is 48.0 Å². The maximum Gasteiger partial charge on any atom is 0.128 e. The molecule has 9 rings (SSSR count). The summed E-state index contributed by atoms with van der Waals surface area (Å²) < 4.78 is 49.9. The van der Waals surface area contributed by atoms with Gasteiger partial charge in [-0.1, -0.05) is 44.2 Å². The first kappa shape index (κ1) is 60.8. The van der Waals surface area contributed by atoms with E-state index in [4.69, 9.17) is 37.9 Å². The SMILES string of the molecule is COC1=CC(N(C)CCN(C)c2cc(OC)c3c(c2)C(C)(C)C2C=C(N(C)C)C=C(OC)C2C3)=CC2c3cc(N(C)CCN(C)c4cc(OC)c(C(c5c(C)cccc5C)c5c(OC)cc(N(C)C)cc5OC)c(OC)c4)cc(OC)c3CC12. The van der Waals surface area contributed by atoms with Crippen molar-refractivity contribution in [3.05, 3.63) is 164 Å². The van der Waals surface area contributed by atoms with Crippen LogP contribution in [-0.4, -0.2) is 149 Å². The van der Waals surface area contributed by atoms with Gasteiger partial charge in [-0.05, 0) is 101 Å². The zero-order chi connectivity index (χ0) is 60.6. The standard InChI is InChI=1S/C70H92N6O8/c1-42-22-21-23-43(2)66(42)69(67-62(81-17)33-45(72(7)8)34-63(67)82-18)68-64(83-19)38-49(39-65(68)84-20)76(12)27-25-74(10)47-29-51-50-28-46(35-58(77-13)52(50)40-53(51)59(36-47)78-14)73(9)24-26-75(11)48-31-57-55(61(37-48)80-16)41-54-56(70(57,3)4)30-44(71(5)6)32-60(54)79-15/h21-23,28-39,50,52,54,56,69H,24-27,40-41H2,1-20H3. The Morgan fingerprint density at radius 3 is 1.37 bits per heavy atom. The lowest BCUT2D eigenvalue weighted by Crippen LogP contribution is -2.42. The van der Waals surface area contributed by atoms with Crippen LogP contribution >= 0.6 is 0 Å². The molecule has 0 saturated heterocycles. The molecule has 450 valence electrons. The Hall–Kier alpha value is -7.74. The highest BCUT2D eigenvalue weighted by atomic mass is 16.5. The van der Waals surface area contributed by atoms with Crippen molar-refractivity contribution in [3.63, 3.8) is 0 Å². The van der Waals surface area contributed by atoms with E-state index in [2.05, 4.69) is 190 Å². The lowest BCUT2D eigenvalue weighted by atomic mass is 9.59. The molecule has 14 heteroatoms. The van der Waals surface area contributed by atoms with Gasteiger partial charge in [-0.3, -0.25) is 0 Å². The quantitative estimate of drug-likeness (QED) is 0.0581. The van der Waals surface area contributed by atoms with Crippen LogP contribution in [0, 0.1) is 31.6 Å². The van der Waals surface area contributed by atoms with E-state index in [0.717, 1.165) is 112 Å². The number of hydrogen-bond acceptors (Lipinski definition) is 14. The van der Waals surface area contributed by atoms with Crippen molar-refractivity contribution in [1.29, 1.82) is 0 Å². The number of benzene rings is 5. The van der Waals surface area contributed by atoms with E-state index in [-0.39, 0.29) is 35.0 Å². The summed E-state index contributed by atoms with van der Waals surface area (Å²) in [5.74, 6) is 7.12. The monoisotopic (exact) mass is 1140 g/mol. The molecule has 0 amide bonds. The van der Waals surface area contributed by atoms with Gasteiger partial charge < -0.3 is 67.3 Å². The Bertz CT molecular complexity index is 3310. The Morgan fingerprint density at radius 1 is 0.452 bits per heavy atom. The number of nitrogens with zero attached hydrogens (tertiary/aromatic N) is 6. The molecule has 4 aliphatic rings. The maximum absolute atomic E-state index is 6.38. The molecule has 0 aliphatic heterocycles. The molecule has 0 aromatic heterocycles. The van der Waals surface area contributed by atoms with E-state index in [1.54, 1.807) is 56.9 Å². The predicted octanol–water partition coefficient (Wildman–Crippen LogP) is 12.0. The van der Waals surface area contributed by atoms with Gasteiger partial charge >= 0.3 is 0 Å².